The zero-order chi connectivity index (χ0) is 17.5. The number of nitrogens with zero attached hydrogens (tertiary/aromatic N) is 2. The summed E-state index contributed by atoms with van der Waals surface area (Å²) in [6.45, 7) is -3.03. The smallest absolute Gasteiger partial charge is 0.387 e. The number of aromatic nitrogens is 1. The van der Waals surface area contributed by atoms with E-state index in [-0.39, 0.29) is 17.1 Å². The third kappa shape index (κ3) is 4.50. The fourth-order valence-electron chi connectivity index (χ4n) is 1.74. The molecule has 0 aliphatic rings. The number of hydrogen-bond donors (Lipinski definition) is 1. The maximum absolute atomic E-state index is 12.4. The van der Waals surface area contributed by atoms with Gasteiger partial charge in [0.25, 0.3) is 5.91 Å². The zero-order valence-corrected chi connectivity index (χ0v) is 13.1. The van der Waals surface area contributed by atoms with Gasteiger partial charge in [0.05, 0.1) is 7.11 Å². The largest absolute Gasteiger partial charge is 0.493 e. The van der Waals surface area contributed by atoms with Crippen LogP contribution in [0.15, 0.2) is 35.3 Å². The molecule has 1 amide bonds. The van der Waals surface area contributed by atoms with Gasteiger partial charge in [0, 0.05) is 11.6 Å². The monoisotopic (exact) mass is 351 g/mol. The number of methoxy groups -OCH3 is 1. The van der Waals surface area contributed by atoms with Crippen molar-refractivity contribution in [2.45, 2.75) is 6.61 Å². The van der Waals surface area contributed by atoms with Crippen molar-refractivity contribution in [1.29, 1.82) is 5.26 Å². The Morgan fingerprint density at radius 2 is 2.25 bits per heavy atom. The second kappa shape index (κ2) is 8.03. The number of hydrogen-bond acceptors (Lipinski definition) is 6. The molecule has 0 fully saturated rings. The summed E-state index contributed by atoms with van der Waals surface area (Å²) in [7, 11) is 1.31. The number of amides is 1. The molecule has 0 atom stereocenters. The molecule has 124 valence electrons. The number of thiazole rings is 1. The number of nitrogens with one attached hydrogen (secondary N) is 1. The van der Waals surface area contributed by atoms with Crippen LogP contribution in [0.5, 0.6) is 11.5 Å². The Morgan fingerprint density at radius 3 is 2.83 bits per heavy atom. The second-order valence-corrected chi connectivity index (χ2v) is 5.14. The Balaban J connectivity index is 2.26. The highest BCUT2D eigenvalue weighted by atomic mass is 32.1. The predicted octanol–water partition coefficient (Wildman–Crippen LogP) is 3.30. The van der Waals surface area contributed by atoms with Gasteiger partial charge >= 0.3 is 6.61 Å². The lowest BCUT2D eigenvalue weighted by Crippen LogP contribution is -2.13. The van der Waals surface area contributed by atoms with Crippen LogP contribution in [-0.2, 0) is 4.79 Å². The van der Waals surface area contributed by atoms with E-state index in [1.165, 1.54) is 48.9 Å². The lowest BCUT2D eigenvalue weighted by molar-refractivity contribution is -0.112. The number of alkyl halides is 2. The van der Waals surface area contributed by atoms with Gasteiger partial charge in [-0.05, 0) is 23.8 Å². The van der Waals surface area contributed by atoms with Gasteiger partial charge < -0.3 is 9.47 Å². The van der Waals surface area contributed by atoms with Crippen LogP contribution in [-0.4, -0.2) is 24.6 Å². The average molecular weight is 351 g/mol. The summed E-state index contributed by atoms with van der Waals surface area (Å²) in [5.41, 5.74) is 0.121. The highest BCUT2D eigenvalue weighted by molar-refractivity contribution is 7.13. The number of benzene rings is 1. The molecule has 1 N–H and O–H groups in total. The van der Waals surface area contributed by atoms with Crippen molar-refractivity contribution in [2.75, 3.05) is 12.4 Å². The van der Waals surface area contributed by atoms with Crippen LogP contribution in [0.4, 0.5) is 13.9 Å². The van der Waals surface area contributed by atoms with Crippen molar-refractivity contribution in [3.63, 3.8) is 0 Å². The predicted molar refractivity (Wildman–Crippen MR) is 84.0 cm³/mol. The van der Waals surface area contributed by atoms with Crippen molar-refractivity contribution in [1.82, 2.24) is 4.98 Å². The van der Waals surface area contributed by atoms with Crippen molar-refractivity contribution in [2.24, 2.45) is 0 Å². The second-order valence-electron chi connectivity index (χ2n) is 4.25. The molecular formula is C15H11F2N3O3S. The van der Waals surface area contributed by atoms with E-state index in [2.05, 4.69) is 15.0 Å². The Morgan fingerprint density at radius 1 is 1.46 bits per heavy atom. The van der Waals surface area contributed by atoms with Crippen LogP contribution in [0, 0.1) is 11.3 Å². The maximum Gasteiger partial charge on any atom is 0.387 e. The molecule has 0 saturated carbocycles. The molecule has 9 heteroatoms. The normalized spacial score (nSPS) is 11.0. The van der Waals surface area contributed by atoms with E-state index in [0.717, 1.165) is 0 Å². The molecule has 0 bridgehead atoms. The number of carbonyl (C=O) groups excluding carboxylic acids is 1. The molecule has 0 aliphatic heterocycles. The minimum atomic E-state index is -3.03. The van der Waals surface area contributed by atoms with E-state index in [9.17, 15) is 13.6 Å². The quantitative estimate of drug-likeness (QED) is 0.638. The topological polar surface area (TPSA) is 84.2 Å². The van der Waals surface area contributed by atoms with Crippen LogP contribution >= 0.6 is 11.3 Å². The summed E-state index contributed by atoms with van der Waals surface area (Å²) in [4.78, 5) is 15.9. The van der Waals surface area contributed by atoms with E-state index < -0.39 is 12.5 Å². The Bertz CT molecular complexity index is 786. The zero-order valence-electron chi connectivity index (χ0n) is 12.3. The number of anilines is 1. The Labute approximate surface area is 140 Å². The molecule has 0 spiro atoms. The summed E-state index contributed by atoms with van der Waals surface area (Å²) in [6, 6.07) is 5.91. The minimum absolute atomic E-state index is 0.109. The average Bonchev–Trinajstić information content (AvgIpc) is 3.05. The number of carbonyl (C=O) groups is 1. The lowest BCUT2D eigenvalue weighted by Gasteiger charge is -2.10. The lowest BCUT2D eigenvalue weighted by atomic mass is 10.1. The highest BCUT2D eigenvalue weighted by Gasteiger charge is 2.14. The number of halogens is 2. The first kappa shape index (κ1) is 17.4. The molecule has 1 aromatic heterocycles. The van der Waals surface area contributed by atoms with E-state index in [0.29, 0.717) is 10.7 Å². The fraction of sp³-hybridized carbons (Fsp3) is 0.133. The van der Waals surface area contributed by atoms with Crippen LogP contribution in [0.1, 0.15) is 5.56 Å². The number of ether oxygens (including phenoxy) is 2. The first-order valence-electron chi connectivity index (χ1n) is 6.49. The first-order valence-corrected chi connectivity index (χ1v) is 7.37. The van der Waals surface area contributed by atoms with Crippen LogP contribution in [0.25, 0.3) is 6.08 Å². The van der Waals surface area contributed by atoms with E-state index in [4.69, 9.17) is 10.00 Å². The summed E-state index contributed by atoms with van der Waals surface area (Å²) in [6.07, 6.45) is 2.76. The molecule has 0 saturated heterocycles. The van der Waals surface area contributed by atoms with Gasteiger partial charge in [-0.15, -0.1) is 11.3 Å². The fourth-order valence-corrected chi connectivity index (χ4v) is 2.26. The van der Waals surface area contributed by atoms with Crippen molar-refractivity contribution in [3.8, 4) is 17.6 Å². The van der Waals surface area contributed by atoms with Gasteiger partial charge in [-0.2, -0.15) is 14.0 Å². The van der Waals surface area contributed by atoms with Gasteiger partial charge in [-0.3, -0.25) is 10.1 Å². The van der Waals surface area contributed by atoms with Crippen LogP contribution < -0.4 is 14.8 Å². The van der Waals surface area contributed by atoms with Gasteiger partial charge in [-0.1, -0.05) is 6.07 Å². The molecule has 2 rings (SSSR count). The molecule has 6 nitrogen and oxygen atoms in total. The van der Waals surface area contributed by atoms with E-state index in [1.807, 2.05) is 0 Å². The van der Waals surface area contributed by atoms with Gasteiger partial charge in [-0.25, -0.2) is 4.98 Å². The molecule has 24 heavy (non-hydrogen) atoms. The Kier molecular flexibility index (Phi) is 5.81. The molecule has 0 radical (unpaired) electrons. The SMILES string of the molecule is COc1ccc(/C=C(\C#N)C(=O)Nc2nccs2)cc1OC(F)F. The van der Waals surface area contributed by atoms with Gasteiger partial charge in [0.15, 0.2) is 16.6 Å². The Hall–Kier alpha value is -2.99. The van der Waals surface area contributed by atoms with E-state index in [1.54, 1.807) is 11.4 Å². The first-order chi connectivity index (χ1) is 11.5. The minimum Gasteiger partial charge on any atom is -0.493 e. The van der Waals surface area contributed by atoms with Crippen LogP contribution in [0.2, 0.25) is 0 Å². The van der Waals surface area contributed by atoms with Gasteiger partial charge in [0.2, 0.25) is 0 Å². The highest BCUT2D eigenvalue weighted by Crippen LogP contribution is 2.30. The standard InChI is InChI=1S/C15H11F2N3O3S/c1-22-11-3-2-9(7-12(11)23-14(16)17)6-10(8-18)13(21)20-15-19-4-5-24-15/h2-7,14H,1H3,(H,19,20,21)/b10-6+. The number of rotatable bonds is 6. The van der Waals surface area contributed by atoms with Crippen molar-refractivity contribution in [3.05, 3.63) is 40.9 Å². The summed E-state index contributed by atoms with van der Waals surface area (Å²) in [5, 5.41) is 13.6. The molecule has 1 aromatic carbocycles. The number of nitriles is 1. The van der Waals surface area contributed by atoms with Gasteiger partial charge in [0.1, 0.15) is 11.6 Å². The summed E-state index contributed by atoms with van der Waals surface area (Å²) >= 11 is 1.20. The molecule has 2 aromatic rings. The molecular weight excluding hydrogens is 340 g/mol. The van der Waals surface area contributed by atoms with E-state index >= 15 is 0 Å². The van der Waals surface area contributed by atoms with Crippen LogP contribution in [0.3, 0.4) is 0 Å². The van der Waals surface area contributed by atoms with Crippen molar-refractivity contribution >= 4 is 28.5 Å². The molecule has 0 aliphatic carbocycles. The third-order valence-corrected chi connectivity index (χ3v) is 3.42. The molecule has 1 heterocycles. The summed E-state index contributed by atoms with van der Waals surface area (Å²) < 4.78 is 34.1. The maximum atomic E-state index is 12.4. The van der Waals surface area contributed by atoms with Crippen molar-refractivity contribution < 1.29 is 23.0 Å². The molecule has 0 unspecified atom stereocenters. The summed E-state index contributed by atoms with van der Waals surface area (Å²) in [5.74, 6) is -0.739. The third-order valence-electron chi connectivity index (χ3n) is 2.73.